The van der Waals surface area contributed by atoms with Crippen molar-refractivity contribution in [2.45, 2.75) is 0 Å². The summed E-state index contributed by atoms with van der Waals surface area (Å²) in [4.78, 5) is 9.52. The van der Waals surface area contributed by atoms with Crippen molar-refractivity contribution in [2.24, 2.45) is 0 Å². The van der Waals surface area contributed by atoms with Gasteiger partial charge in [-0.1, -0.05) is 0 Å². The zero-order valence-corrected chi connectivity index (χ0v) is 7.51. The van der Waals surface area contributed by atoms with Gasteiger partial charge in [0.1, 0.15) is 0 Å². The Labute approximate surface area is 69.6 Å². The molecule has 0 aliphatic rings. The molecule has 0 atom stereocenters. The molecule has 0 saturated heterocycles. The summed E-state index contributed by atoms with van der Waals surface area (Å²) >= 11 is 1.29. The van der Waals surface area contributed by atoms with Crippen molar-refractivity contribution >= 4 is 11.8 Å². The third-order valence-corrected chi connectivity index (χ3v) is 1.41. The van der Waals surface area contributed by atoms with Crippen molar-refractivity contribution in [2.75, 3.05) is 20.4 Å². The fourth-order valence-corrected chi connectivity index (χ4v) is 0.909. The van der Waals surface area contributed by atoms with E-state index in [0.29, 0.717) is 5.03 Å². The second kappa shape index (κ2) is 4.97. The van der Waals surface area contributed by atoms with Crippen LogP contribution in [0.1, 0.15) is 0 Å². The van der Waals surface area contributed by atoms with E-state index in [9.17, 15) is 10.1 Å². The van der Waals surface area contributed by atoms with E-state index in [1.165, 1.54) is 11.8 Å². The van der Waals surface area contributed by atoms with E-state index in [0.717, 1.165) is 6.20 Å². The number of nitrogens with zero attached hydrogens (tertiary/aromatic N) is 2. The number of hydrogen-bond acceptors (Lipinski definition) is 5. The van der Waals surface area contributed by atoms with Crippen LogP contribution in [0.3, 0.4) is 0 Å². The number of hydrazine groups is 1. The lowest BCUT2D eigenvalue weighted by Crippen LogP contribution is -2.28. The summed E-state index contributed by atoms with van der Waals surface area (Å²) in [6.07, 6.45) is 2.70. The van der Waals surface area contributed by atoms with Crippen molar-refractivity contribution in [1.82, 2.24) is 10.4 Å². The highest BCUT2D eigenvalue weighted by Crippen LogP contribution is 2.06. The van der Waals surface area contributed by atoms with Gasteiger partial charge >= 0.3 is 0 Å². The van der Waals surface area contributed by atoms with Gasteiger partial charge in [-0.05, 0) is 6.26 Å². The molecular weight excluding hydrogens is 166 g/mol. The molecule has 0 aliphatic carbocycles. The lowest BCUT2D eigenvalue weighted by Gasteiger charge is -2.12. The molecule has 0 bridgehead atoms. The summed E-state index contributed by atoms with van der Waals surface area (Å²) in [6, 6.07) is 0. The van der Waals surface area contributed by atoms with Gasteiger partial charge in [-0.3, -0.25) is 10.1 Å². The number of nitro groups is 1. The number of rotatable bonds is 4. The zero-order chi connectivity index (χ0) is 8.85. The van der Waals surface area contributed by atoms with Crippen LogP contribution in [0.25, 0.3) is 0 Å². The summed E-state index contributed by atoms with van der Waals surface area (Å²) in [5.41, 5.74) is 2.78. The quantitative estimate of drug-likeness (QED) is 0.500. The van der Waals surface area contributed by atoms with Gasteiger partial charge in [0.05, 0.1) is 4.92 Å². The Morgan fingerprint density at radius 3 is 2.55 bits per heavy atom. The minimum Gasteiger partial charge on any atom is -0.308 e. The molecule has 0 amide bonds. The molecule has 0 rings (SSSR count). The van der Waals surface area contributed by atoms with Crippen molar-refractivity contribution in [1.29, 1.82) is 0 Å². The Hall–Kier alpha value is -0.750. The molecule has 0 aromatic carbocycles. The van der Waals surface area contributed by atoms with E-state index in [4.69, 9.17) is 0 Å². The Balaban J connectivity index is 4.05. The summed E-state index contributed by atoms with van der Waals surface area (Å²) in [5, 5.41) is 12.2. The molecule has 0 unspecified atom stereocenters. The van der Waals surface area contributed by atoms with Crippen LogP contribution in [-0.2, 0) is 0 Å². The third kappa shape index (κ3) is 5.68. The van der Waals surface area contributed by atoms with E-state index < -0.39 is 4.92 Å². The Kier molecular flexibility index (Phi) is 4.64. The molecule has 64 valence electrons. The first-order valence-corrected chi connectivity index (χ1v) is 4.12. The van der Waals surface area contributed by atoms with Crippen LogP contribution in [0.15, 0.2) is 11.2 Å². The van der Waals surface area contributed by atoms with E-state index in [2.05, 4.69) is 5.43 Å². The predicted octanol–water partition coefficient (Wildman–Crippen LogP) is 0.491. The van der Waals surface area contributed by atoms with Crippen molar-refractivity contribution in [3.63, 3.8) is 0 Å². The first-order valence-electron chi connectivity index (χ1n) is 2.89. The van der Waals surface area contributed by atoms with E-state index >= 15 is 0 Å². The standard InChI is InChI=1S/C5H11N3O2S/c1-7(2)6-5(11-3)4-8(9)10/h4,6H,1-3H3. The van der Waals surface area contributed by atoms with Gasteiger partial charge < -0.3 is 5.43 Å². The smallest absolute Gasteiger partial charge is 0.265 e. The maximum atomic E-state index is 10.0. The summed E-state index contributed by atoms with van der Waals surface area (Å²) < 4.78 is 0. The minimum absolute atomic E-state index is 0.484. The molecule has 0 aromatic heterocycles. The largest absolute Gasteiger partial charge is 0.308 e. The van der Waals surface area contributed by atoms with Gasteiger partial charge in [-0.2, -0.15) is 0 Å². The molecule has 11 heavy (non-hydrogen) atoms. The van der Waals surface area contributed by atoms with Crippen LogP contribution in [0.2, 0.25) is 0 Å². The van der Waals surface area contributed by atoms with Gasteiger partial charge in [0.15, 0.2) is 5.03 Å². The number of nitrogens with one attached hydrogen (secondary N) is 1. The SMILES string of the molecule is CSC(=C[N+](=O)[O-])NN(C)C. The highest BCUT2D eigenvalue weighted by atomic mass is 32.2. The molecule has 6 heteroatoms. The Morgan fingerprint density at radius 1 is 1.73 bits per heavy atom. The molecule has 1 N–H and O–H groups in total. The van der Waals surface area contributed by atoms with E-state index in [1.54, 1.807) is 25.4 Å². The van der Waals surface area contributed by atoms with Crippen LogP contribution in [-0.4, -0.2) is 30.3 Å². The molecule has 0 saturated carbocycles. The van der Waals surface area contributed by atoms with Crippen LogP contribution >= 0.6 is 11.8 Å². The molecule has 0 fully saturated rings. The summed E-state index contributed by atoms with van der Waals surface area (Å²) in [5.74, 6) is 0. The van der Waals surface area contributed by atoms with Gasteiger partial charge in [0.2, 0.25) is 0 Å². The Morgan fingerprint density at radius 2 is 2.27 bits per heavy atom. The average Bonchev–Trinajstić information content (AvgIpc) is 1.84. The lowest BCUT2D eigenvalue weighted by atomic mass is 10.9. The van der Waals surface area contributed by atoms with E-state index in [-0.39, 0.29) is 0 Å². The predicted molar refractivity (Wildman–Crippen MR) is 45.4 cm³/mol. The molecule has 0 spiro atoms. The fraction of sp³-hybridized carbons (Fsp3) is 0.600. The zero-order valence-electron chi connectivity index (χ0n) is 6.70. The van der Waals surface area contributed by atoms with Crippen LogP contribution < -0.4 is 5.43 Å². The van der Waals surface area contributed by atoms with E-state index in [1.807, 2.05) is 0 Å². The monoisotopic (exact) mass is 177 g/mol. The third-order valence-electron chi connectivity index (χ3n) is 0.776. The lowest BCUT2D eigenvalue weighted by molar-refractivity contribution is -0.403. The van der Waals surface area contributed by atoms with Gasteiger partial charge in [-0.25, -0.2) is 5.01 Å². The first-order chi connectivity index (χ1) is 5.06. The first kappa shape index (κ1) is 10.2. The number of thioether (sulfide) groups is 1. The second-order valence-corrected chi connectivity index (χ2v) is 2.84. The maximum absolute atomic E-state index is 10.0. The van der Waals surface area contributed by atoms with Gasteiger partial charge in [0.25, 0.3) is 6.20 Å². The highest BCUT2D eigenvalue weighted by Gasteiger charge is 2.00. The van der Waals surface area contributed by atoms with Crippen molar-refractivity contribution in [3.8, 4) is 0 Å². The minimum atomic E-state index is -0.484. The van der Waals surface area contributed by atoms with Gasteiger partial charge in [0, 0.05) is 14.1 Å². The Bertz CT molecular complexity index is 169. The van der Waals surface area contributed by atoms with Crippen molar-refractivity contribution < 1.29 is 4.92 Å². The molecular formula is C5H11N3O2S. The summed E-state index contributed by atoms with van der Waals surface area (Å²) in [7, 11) is 3.54. The van der Waals surface area contributed by atoms with Crippen LogP contribution in [0, 0.1) is 10.1 Å². The van der Waals surface area contributed by atoms with Crippen LogP contribution in [0.4, 0.5) is 0 Å². The number of hydrogen-bond donors (Lipinski definition) is 1. The molecule has 0 radical (unpaired) electrons. The molecule has 0 heterocycles. The molecule has 0 aliphatic heterocycles. The normalized spacial score (nSPS) is 11.8. The van der Waals surface area contributed by atoms with Crippen LogP contribution in [0.5, 0.6) is 0 Å². The topological polar surface area (TPSA) is 58.4 Å². The molecule has 0 aromatic rings. The van der Waals surface area contributed by atoms with Crippen molar-refractivity contribution in [3.05, 3.63) is 21.3 Å². The highest BCUT2D eigenvalue weighted by molar-refractivity contribution is 8.02. The maximum Gasteiger partial charge on any atom is 0.265 e. The average molecular weight is 177 g/mol. The second-order valence-electron chi connectivity index (χ2n) is 1.99. The van der Waals surface area contributed by atoms with Gasteiger partial charge in [-0.15, -0.1) is 11.8 Å². The molecule has 5 nitrogen and oxygen atoms in total. The fourth-order valence-electron chi connectivity index (χ4n) is 0.443. The summed E-state index contributed by atoms with van der Waals surface area (Å²) in [6.45, 7) is 0.